The molecule has 0 bridgehead atoms. The van der Waals surface area contributed by atoms with Crippen molar-refractivity contribution in [2.45, 2.75) is 6.61 Å². The molecular weight excluding hydrogens is 402 g/mol. The van der Waals surface area contributed by atoms with Gasteiger partial charge in [-0.05, 0) is 23.8 Å². The van der Waals surface area contributed by atoms with Crippen LogP contribution in [0.1, 0.15) is 11.1 Å². The smallest absolute Gasteiger partial charge is 0.203 e. The minimum atomic E-state index is 0.476. The quantitative estimate of drug-likeness (QED) is 0.275. The van der Waals surface area contributed by atoms with Gasteiger partial charge in [0.2, 0.25) is 5.13 Å². The molecule has 29 heavy (non-hydrogen) atoms. The second-order valence-electron chi connectivity index (χ2n) is 6.23. The highest BCUT2D eigenvalue weighted by atomic mass is 35.5. The molecule has 144 valence electrons. The van der Waals surface area contributed by atoms with E-state index in [1.807, 2.05) is 78.2 Å². The second-order valence-corrected chi connectivity index (χ2v) is 7.52. The van der Waals surface area contributed by atoms with Crippen LogP contribution in [0, 0.1) is 0 Å². The molecule has 0 unspecified atom stereocenters. The number of aromatic nitrogens is 1. The molecule has 1 aromatic heterocycles. The van der Waals surface area contributed by atoms with Gasteiger partial charge in [-0.25, -0.2) is 4.98 Å². The van der Waals surface area contributed by atoms with E-state index in [1.165, 1.54) is 11.3 Å². The first-order valence-electron chi connectivity index (χ1n) is 9.04. The van der Waals surface area contributed by atoms with E-state index >= 15 is 0 Å². The third-order valence-electron chi connectivity index (χ3n) is 4.15. The van der Waals surface area contributed by atoms with Crippen LogP contribution >= 0.6 is 22.9 Å². The lowest BCUT2D eigenvalue weighted by atomic mass is 10.2. The molecule has 0 fully saturated rings. The highest BCUT2D eigenvalue weighted by Gasteiger charge is 2.05. The molecule has 0 amide bonds. The number of hydrogen-bond acceptors (Lipinski definition) is 5. The van der Waals surface area contributed by atoms with Gasteiger partial charge in [0.1, 0.15) is 12.4 Å². The topological polar surface area (TPSA) is 46.5 Å². The lowest BCUT2D eigenvalue weighted by Crippen LogP contribution is -1.99. The maximum atomic E-state index is 6.15. The van der Waals surface area contributed by atoms with E-state index in [9.17, 15) is 0 Å². The van der Waals surface area contributed by atoms with Crippen molar-refractivity contribution in [3.05, 3.63) is 100 Å². The third-order valence-corrected chi connectivity index (χ3v) is 5.13. The molecule has 4 aromatic rings. The van der Waals surface area contributed by atoms with Gasteiger partial charge in [-0.1, -0.05) is 72.3 Å². The van der Waals surface area contributed by atoms with E-state index in [0.29, 0.717) is 22.5 Å². The van der Waals surface area contributed by atoms with Gasteiger partial charge in [0.15, 0.2) is 0 Å². The number of hydrogen-bond donors (Lipinski definition) is 1. The molecule has 1 heterocycles. The van der Waals surface area contributed by atoms with Crippen LogP contribution in [-0.2, 0) is 6.61 Å². The van der Waals surface area contributed by atoms with Crippen LogP contribution in [0.5, 0.6) is 5.75 Å². The first-order valence-corrected chi connectivity index (χ1v) is 10.3. The summed E-state index contributed by atoms with van der Waals surface area (Å²) in [5.41, 5.74) is 6.87. The number of halogens is 1. The van der Waals surface area contributed by atoms with Crippen LogP contribution in [-0.4, -0.2) is 11.2 Å². The molecule has 0 spiro atoms. The summed E-state index contributed by atoms with van der Waals surface area (Å²) in [6, 6.07) is 25.5. The fourth-order valence-electron chi connectivity index (χ4n) is 2.71. The van der Waals surface area contributed by atoms with Gasteiger partial charge in [-0.2, -0.15) is 5.10 Å². The molecular formula is C23H18ClN3OS. The van der Waals surface area contributed by atoms with E-state index in [-0.39, 0.29) is 0 Å². The van der Waals surface area contributed by atoms with Crippen LogP contribution in [0.4, 0.5) is 5.13 Å². The first kappa shape index (κ1) is 19.2. The van der Waals surface area contributed by atoms with Crippen molar-refractivity contribution in [2.24, 2.45) is 5.10 Å². The third kappa shape index (κ3) is 5.22. The Morgan fingerprint density at radius 3 is 2.55 bits per heavy atom. The van der Waals surface area contributed by atoms with Crippen molar-refractivity contribution in [2.75, 3.05) is 5.43 Å². The zero-order valence-corrected chi connectivity index (χ0v) is 17.0. The number of hydrazone groups is 1. The van der Waals surface area contributed by atoms with Crippen molar-refractivity contribution in [1.82, 2.24) is 4.98 Å². The molecule has 4 rings (SSSR count). The predicted molar refractivity (Wildman–Crippen MR) is 121 cm³/mol. The molecule has 0 aliphatic carbocycles. The number of thiazole rings is 1. The predicted octanol–water partition coefficient (Wildman–Crippen LogP) is 6.49. The Kier molecular flexibility index (Phi) is 6.19. The fraction of sp³-hybridized carbons (Fsp3) is 0.0435. The van der Waals surface area contributed by atoms with Crippen LogP contribution in [0.25, 0.3) is 11.3 Å². The van der Waals surface area contributed by atoms with Crippen molar-refractivity contribution in [3.8, 4) is 17.0 Å². The fourth-order valence-corrected chi connectivity index (χ4v) is 3.56. The maximum absolute atomic E-state index is 6.15. The average molecular weight is 420 g/mol. The standard InChI is InChI=1S/C23H18ClN3OS/c24-20-11-12-22(28-15-17-7-3-1-4-8-17)19(13-20)14-25-27-23-26-21(16-29-23)18-9-5-2-6-10-18/h1-14,16H,15H2,(H,26,27). The van der Waals surface area contributed by atoms with E-state index in [1.54, 1.807) is 12.3 Å². The Hall–Kier alpha value is -3.15. The van der Waals surface area contributed by atoms with Gasteiger partial charge in [0.25, 0.3) is 0 Å². The zero-order chi connectivity index (χ0) is 19.9. The summed E-state index contributed by atoms with van der Waals surface area (Å²) in [4.78, 5) is 4.56. The van der Waals surface area contributed by atoms with E-state index < -0.39 is 0 Å². The molecule has 0 saturated carbocycles. The molecule has 0 saturated heterocycles. The normalized spacial score (nSPS) is 10.9. The monoisotopic (exact) mass is 419 g/mol. The summed E-state index contributed by atoms with van der Waals surface area (Å²) >= 11 is 7.65. The van der Waals surface area contributed by atoms with Crippen LogP contribution in [0.15, 0.2) is 89.3 Å². The van der Waals surface area contributed by atoms with Gasteiger partial charge in [-0.15, -0.1) is 11.3 Å². The Morgan fingerprint density at radius 2 is 1.76 bits per heavy atom. The highest BCUT2D eigenvalue weighted by Crippen LogP contribution is 2.25. The summed E-state index contributed by atoms with van der Waals surface area (Å²) in [6.45, 7) is 0.476. The van der Waals surface area contributed by atoms with E-state index in [0.717, 1.165) is 22.4 Å². The first-order chi connectivity index (χ1) is 14.3. The lowest BCUT2D eigenvalue weighted by molar-refractivity contribution is 0.306. The van der Waals surface area contributed by atoms with E-state index in [2.05, 4.69) is 15.5 Å². The second kappa shape index (κ2) is 9.37. The lowest BCUT2D eigenvalue weighted by Gasteiger charge is -2.09. The Morgan fingerprint density at radius 1 is 1.00 bits per heavy atom. The van der Waals surface area contributed by atoms with Crippen molar-refractivity contribution >= 4 is 34.3 Å². The van der Waals surface area contributed by atoms with Crippen molar-refractivity contribution in [1.29, 1.82) is 0 Å². The molecule has 4 nitrogen and oxygen atoms in total. The number of anilines is 1. The van der Waals surface area contributed by atoms with Gasteiger partial charge in [0.05, 0.1) is 11.9 Å². The molecule has 0 radical (unpaired) electrons. The summed E-state index contributed by atoms with van der Waals surface area (Å²) in [5.74, 6) is 0.716. The van der Waals surface area contributed by atoms with E-state index in [4.69, 9.17) is 16.3 Å². The zero-order valence-electron chi connectivity index (χ0n) is 15.5. The van der Waals surface area contributed by atoms with Crippen LogP contribution < -0.4 is 10.2 Å². The summed E-state index contributed by atoms with van der Waals surface area (Å²) in [6.07, 6.45) is 1.69. The number of rotatable bonds is 7. The van der Waals surface area contributed by atoms with Crippen molar-refractivity contribution < 1.29 is 4.74 Å². The summed E-state index contributed by atoms with van der Waals surface area (Å²) in [5, 5.41) is 7.65. The van der Waals surface area contributed by atoms with Gasteiger partial charge < -0.3 is 4.74 Å². The number of benzene rings is 3. The van der Waals surface area contributed by atoms with Crippen molar-refractivity contribution in [3.63, 3.8) is 0 Å². The molecule has 0 aliphatic heterocycles. The van der Waals surface area contributed by atoms with Gasteiger partial charge in [0, 0.05) is 21.5 Å². The number of ether oxygens (including phenoxy) is 1. The van der Waals surface area contributed by atoms with Crippen LogP contribution in [0.2, 0.25) is 5.02 Å². The number of nitrogens with one attached hydrogen (secondary N) is 1. The van der Waals surface area contributed by atoms with Crippen LogP contribution in [0.3, 0.4) is 0 Å². The Labute approximate surface area is 178 Å². The summed E-state index contributed by atoms with van der Waals surface area (Å²) < 4.78 is 5.95. The molecule has 1 N–H and O–H groups in total. The maximum Gasteiger partial charge on any atom is 0.203 e. The Balaban J connectivity index is 1.44. The average Bonchev–Trinajstić information content (AvgIpc) is 3.23. The minimum Gasteiger partial charge on any atom is -0.488 e. The molecule has 6 heteroatoms. The van der Waals surface area contributed by atoms with Gasteiger partial charge >= 0.3 is 0 Å². The summed E-state index contributed by atoms with van der Waals surface area (Å²) in [7, 11) is 0. The molecule has 0 aliphatic rings. The number of nitrogens with zero attached hydrogens (tertiary/aromatic N) is 2. The molecule has 3 aromatic carbocycles. The van der Waals surface area contributed by atoms with Gasteiger partial charge in [-0.3, -0.25) is 5.43 Å². The minimum absolute atomic E-state index is 0.476. The SMILES string of the molecule is Clc1ccc(OCc2ccccc2)c(C=NNc2nc(-c3ccccc3)cs2)c1. The molecule has 0 atom stereocenters. The largest absolute Gasteiger partial charge is 0.488 e. The Bertz CT molecular complexity index is 1100. The highest BCUT2D eigenvalue weighted by molar-refractivity contribution is 7.14.